The Labute approximate surface area is 276 Å². The van der Waals surface area contributed by atoms with Crippen molar-refractivity contribution in [3.8, 4) is 17.2 Å². The van der Waals surface area contributed by atoms with Crippen LogP contribution in [0, 0.1) is 11.7 Å². The molecule has 0 aliphatic carbocycles. The largest absolute Gasteiger partial charge is 0.493 e. The van der Waals surface area contributed by atoms with Gasteiger partial charge in [-0.3, -0.25) is 14.4 Å². The number of carbonyl (C=O) groups is 2. The summed E-state index contributed by atoms with van der Waals surface area (Å²) in [4.78, 5) is 41.6. The molecular weight excluding hydrogens is 627 g/mol. The predicted molar refractivity (Wildman–Crippen MR) is 178 cm³/mol. The van der Waals surface area contributed by atoms with Gasteiger partial charge in [0.25, 0.3) is 11.5 Å². The van der Waals surface area contributed by atoms with Crippen molar-refractivity contribution in [3.05, 3.63) is 105 Å². The molecule has 2 atom stereocenters. The van der Waals surface area contributed by atoms with Gasteiger partial charge in [-0.15, -0.1) is 0 Å². The van der Waals surface area contributed by atoms with E-state index in [0.29, 0.717) is 53.9 Å². The van der Waals surface area contributed by atoms with Gasteiger partial charge >= 0.3 is 0 Å². The number of hydrogen-bond donors (Lipinski definition) is 2. The van der Waals surface area contributed by atoms with E-state index in [0.717, 1.165) is 12.1 Å². The molecule has 1 fully saturated rings. The molecule has 3 heterocycles. The number of anilines is 3. The van der Waals surface area contributed by atoms with Crippen molar-refractivity contribution in [3.63, 3.8) is 0 Å². The number of rotatable bonds is 9. The van der Waals surface area contributed by atoms with Crippen LogP contribution in [0.4, 0.5) is 21.5 Å². The Kier molecular flexibility index (Phi) is 9.08. The van der Waals surface area contributed by atoms with Gasteiger partial charge in [0.1, 0.15) is 5.82 Å². The van der Waals surface area contributed by atoms with E-state index in [2.05, 4.69) is 15.5 Å². The van der Waals surface area contributed by atoms with Crippen molar-refractivity contribution in [1.82, 2.24) is 4.57 Å². The van der Waals surface area contributed by atoms with Gasteiger partial charge in [0.2, 0.25) is 11.7 Å². The lowest BCUT2D eigenvalue weighted by molar-refractivity contribution is -0.115. The fraction of sp³-hybridized carbons (Fsp3) is 0.286. The molecule has 6 rings (SSSR count). The molecule has 4 aromatic rings. The number of nitrogens with zero attached hydrogens (tertiary/aromatic N) is 2. The van der Waals surface area contributed by atoms with Crippen molar-refractivity contribution in [2.45, 2.75) is 25.3 Å². The summed E-state index contributed by atoms with van der Waals surface area (Å²) in [7, 11) is 4.46. The molecule has 0 spiro atoms. The zero-order valence-electron chi connectivity index (χ0n) is 26.1. The van der Waals surface area contributed by atoms with Crippen LogP contribution in [0.5, 0.6) is 17.2 Å². The molecule has 1 aromatic heterocycles. The standard InChI is InChI=1S/C35H34ClFN4O6/c1-45-30-14-23(15-31(46-2)34(30)47-3)38-35(44)21-10-11-29(27(13-21)39-32(42)16-24-25(36)6-4-7-26(24)37)40-17-20-12-22(19-40)28-8-5-9-33(43)41(28)18-20/h4-11,13-15,20,22H,12,16-19H2,1-3H3,(H,38,44)(H,39,42). The van der Waals surface area contributed by atoms with Crippen LogP contribution in [0.25, 0.3) is 0 Å². The molecule has 3 aromatic carbocycles. The summed E-state index contributed by atoms with van der Waals surface area (Å²) in [5, 5.41) is 5.93. The number of amides is 2. The average Bonchev–Trinajstić information content (AvgIpc) is 3.06. The van der Waals surface area contributed by atoms with Gasteiger partial charge < -0.3 is 34.3 Å². The SMILES string of the molecule is COc1cc(NC(=O)c2ccc(N3CC4CC(C3)c3cccc(=O)n3C4)c(NC(=O)Cc3c(F)cccc3Cl)c2)cc(OC)c1OC. The molecule has 2 N–H and O–H groups in total. The van der Waals surface area contributed by atoms with Gasteiger partial charge in [0.05, 0.1) is 39.1 Å². The van der Waals surface area contributed by atoms with E-state index in [-0.39, 0.29) is 40.0 Å². The second-order valence-electron chi connectivity index (χ2n) is 11.6. The highest BCUT2D eigenvalue weighted by Gasteiger charge is 2.35. The lowest BCUT2D eigenvalue weighted by Gasteiger charge is -2.44. The molecule has 2 bridgehead atoms. The number of ether oxygens (including phenoxy) is 3. The van der Waals surface area contributed by atoms with Crippen molar-refractivity contribution in [1.29, 1.82) is 0 Å². The molecule has 0 saturated carbocycles. The van der Waals surface area contributed by atoms with Crippen LogP contribution in [-0.4, -0.2) is 50.8 Å². The van der Waals surface area contributed by atoms with Crippen LogP contribution < -0.4 is 35.3 Å². The predicted octanol–water partition coefficient (Wildman–Crippen LogP) is 5.72. The maximum atomic E-state index is 14.6. The number of piperidine rings is 1. The van der Waals surface area contributed by atoms with E-state index in [1.54, 1.807) is 42.5 Å². The third-order valence-electron chi connectivity index (χ3n) is 8.67. The summed E-state index contributed by atoms with van der Waals surface area (Å²) in [6, 6.07) is 17.9. The van der Waals surface area contributed by atoms with Gasteiger partial charge in [0, 0.05) is 71.3 Å². The summed E-state index contributed by atoms with van der Waals surface area (Å²) in [6.45, 7) is 1.86. The van der Waals surface area contributed by atoms with Crippen molar-refractivity contribution >= 4 is 40.5 Å². The Hall–Kier alpha value is -5.03. The summed E-state index contributed by atoms with van der Waals surface area (Å²) < 4.78 is 32.6. The molecule has 12 heteroatoms. The fourth-order valence-corrected chi connectivity index (χ4v) is 6.79. The Bertz CT molecular complexity index is 1870. The first-order chi connectivity index (χ1) is 22.7. The van der Waals surface area contributed by atoms with E-state index >= 15 is 0 Å². The molecule has 10 nitrogen and oxygen atoms in total. The maximum absolute atomic E-state index is 14.6. The van der Waals surface area contributed by atoms with Crippen LogP contribution in [0.3, 0.4) is 0 Å². The Morgan fingerprint density at radius 1 is 0.915 bits per heavy atom. The average molecular weight is 661 g/mol. The van der Waals surface area contributed by atoms with E-state index in [9.17, 15) is 18.8 Å². The van der Waals surface area contributed by atoms with Crippen molar-refractivity contribution in [2.24, 2.45) is 5.92 Å². The minimum Gasteiger partial charge on any atom is -0.493 e. The van der Waals surface area contributed by atoms with E-state index in [1.165, 1.54) is 39.5 Å². The third-order valence-corrected chi connectivity index (χ3v) is 9.03. The first kappa shape index (κ1) is 31.9. The highest BCUT2D eigenvalue weighted by Crippen LogP contribution is 2.41. The normalized spacial score (nSPS) is 16.6. The van der Waals surface area contributed by atoms with Crippen LogP contribution >= 0.6 is 11.6 Å². The topological polar surface area (TPSA) is 111 Å². The monoisotopic (exact) mass is 660 g/mol. The van der Waals surface area contributed by atoms with Crippen LogP contribution in [0.2, 0.25) is 5.02 Å². The van der Waals surface area contributed by atoms with Crippen molar-refractivity contribution in [2.75, 3.05) is 50.0 Å². The molecule has 47 heavy (non-hydrogen) atoms. The lowest BCUT2D eigenvalue weighted by Crippen LogP contribution is -2.47. The molecule has 2 aliphatic rings. The Morgan fingerprint density at radius 2 is 1.66 bits per heavy atom. The smallest absolute Gasteiger partial charge is 0.255 e. The highest BCUT2D eigenvalue weighted by molar-refractivity contribution is 6.31. The summed E-state index contributed by atoms with van der Waals surface area (Å²) in [6.07, 6.45) is 0.650. The maximum Gasteiger partial charge on any atom is 0.255 e. The zero-order chi connectivity index (χ0) is 33.2. The van der Waals surface area contributed by atoms with Gasteiger partial charge in [0.15, 0.2) is 11.5 Å². The van der Waals surface area contributed by atoms with E-state index in [1.807, 2.05) is 10.6 Å². The molecule has 0 radical (unpaired) electrons. The number of aromatic nitrogens is 1. The Morgan fingerprint density at radius 3 is 2.36 bits per heavy atom. The van der Waals surface area contributed by atoms with Crippen LogP contribution in [0.1, 0.15) is 34.0 Å². The molecule has 2 unspecified atom stereocenters. The third kappa shape index (κ3) is 6.48. The number of hydrogen-bond acceptors (Lipinski definition) is 7. The van der Waals surface area contributed by atoms with E-state index in [4.69, 9.17) is 25.8 Å². The molecule has 2 amide bonds. The number of benzene rings is 3. The minimum absolute atomic E-state index is 0.00660. The first-order valence-corrected chi connectivity index (χ1v) is 15.5. The first-order valence-electron chi connectivity index (χ1n) is 15.1. The number of fused-ring (bicyclic) bond motifs is 4. The zero-order valence-corrected chi connectivity index (χ0v) is 26.9. The summed E-state index contributed by atoms with van der Waals surface area (Å²) in [5.41, 5.74) is 2.85. The number of methoxy groups -OCH3 is 3. The van der Waals surface area contributed by atoms with Gasteiger partial charge in [-0.25, -0.2) is 4.39 Å². The second-order valence-corrected chi connectivity index (χ2v) is 12.0. The molecule has 2 aliphatic heterocycles. The Balaban J connectivity index is 1.32. The second kappa shape index (κ2) is 13.4. The van der Waals surface area contributed by atoms with E-state index < -0.39 is 17.6 Å². The summed E-state index contributed by atoms with van der Waals surface area (Å²) in [5.74, 6) is -0.0594. The minimum atomic E-state index is -0.580. The highest BCUT2D eigenvalue weighted by atomic mass is 35.5. The summed E-state index contributed by atoms with van der Waals surface area (Å²) >= 11 is 6.21. The molecule has 244 valence electrons. The number of carbonyl (C=O) groups excluding carboxylic acids is 2. The molecule has 1 saturated heterocycles. The number of nitrogens with one attached hydrogen (secondary N) is 2. The lowest BCUT2D eigenvalue weighted by atomic mass is 9.83. The quantitative estimate of drug-likeness (QED) is 0.236. The number of halogens is 2. The molecular formula is C35H34ClFN4O6. The van der Waals surface area contributed by atoms with Crippen LogP contribution in [-0.2, 0) is 17.8 Å². The van der Waals surface area contributed by atoms with Gasteiger partial charge in [-0.1, -0.05) is 23.7 Å². The van der Waals surface area contributed by atoms with Crippen molar-refractivity contribution < 1.29 is 28.2 Å². The van der Waals surface area contributed by atoms with Crippen LogP contribution in [0.15, 0.2) is 71.5 Å². The van der Waals surface area contributed by atoms with Gasteiger partial charge in [-0.2, -0.15) is 0 Å². The fourth-order valence-electron chi connectivity index (χ4n) is 6.56. The number of pyridine rings is 1. The van der Waals surface area contributed by atoms with Gasteiger partial charge in [-0.05, 0) is 48.7 Å².